The minimum atomic E-state index is 0.631. The second-order valence-electron chi connectivity index (χ2n) is 5.37. The van der Waals surface area contributed by atoms with Gasteiger partial charge in [-0.25, -0.2) is 9.98 Å². The Kier molecular flexibility index (Phi) is 2.74. The van der Waals surface area contributed by atoms with E-state index in [0.29, 0.717) is 5.84 Å². The van der Waals surface area contributed by atoms with E-state index in [0.717, 1.165) is 30.6 Å². The molecule has 0 radical (unpaired) electrons. The van der Waals surface area contributed by atoms with Crippen LogP contribution < -0.4 is 5.73 Å². The predicted octanol–water partition coefficient (Wildman–Crippen LogP) is 3.02. The van der Waals surface area contributed by atoms with Gasteiger partial charge in [0, 0.05) is 29.9 Å². The summed E-state index contributed by atoms with van der Waals surface area (Å²) < 4.78 is 2.11. The molecule has 4 nitrogen and oxygen atoms in total. The van der Waals surface area contributed by atoms with E-state index in [-0.39, 0.29) is 0 Å². The molecule has 0 aliphatic carbocycles. The number of amidine groups is 1. The topological polar surface area (TPSA) is 56.2 Å². The van der Waals surface area contributed by atoms with Crippen LogP contribution in [0.5, 0.6) is 0 Å². The van der Waals surface area contributed by atoms with Crippen LogP contribution in [0.3, 0.4) is 0 Å². The zero-order valence-corrected chi connectivity index (χ0v) is 11.7. The molecule has 0 atom stereocenters. The molecule has 4 heteroatoms. The van der Waals surface area contributed by atoms with Crippen molar-refractivity contribution in [3.63, 3.8) is 0 Å². The molecule has 21 heavy (non-hydrogen) atoms. The Labute approximate surface area is 122 Å². The molecule has 1 aliphatic heterocycles. The van der Waals surface area contributed by atoms with E-state index in [1.807, 2.05) is 24.8 Å². The van der Waals surface area contributed by atoms with Gasteiger partial charge in [0.2, 0.25) is 0 Å². The Bertz CT molecular complexity index is 831. The highest BCUT2D eigenvalue weighted by Crippen LogP contribution is 2.36. The van der Waals surface area contributed by atoms with E-state index in [2.05, 4.69) is 38.8 Å². The molecule has 104 valence electrons. The molecule has 0 amide bonds. The van der Waals surface area contributed by atoms with Crippen LogP contribution in [0.15, 0.2) is 54.0 Å². The summed E-state index contributed by atoms with van der Waals surface area (Å²) in [6.07, 6.45) is 7.81. The first-order valence-corrected chi connectivity index (χ1v) is 7.18. The Morgan fingerprint density at radius 3 is 2.95 bits per heavy atom. The molecular formula is C17H16N4. The van der Waals surface area contributed by atoms with Gasteiger partial charge in [-0.1, -0.05) is 24.3 Å². The van der Waals surface area contributed by atoms with E-state index in [4.69, 9.17) is 5.73 Å². The standard InChI is InChI=1S/C17H16N4/c18-17-14-5-1-4-13-12(6-7-15(20-17)16(13)14)3-2-9-21-10-8-19-11-21/h1,4-8,10-11H,2-3,9H2,(H2,18,20). The molecule has 2 N–H and O–H groups in total. The number of nitrogens with two attached hydrogens (primary N) is 1. The van der Waals surface area contributed by atoms with Crippen molar-refractivity contribution >= 4 is 22.3 Å². The monoisotopic (exact) mass is 276 g/mol. The van der Waals surface area contributed by atoms with E-state index in [9.17, 15) is 0 Å². The van der Waals surface area contributed by atoms with Gasteiger partial charge < -0.3 is 10.3 Å². The van der Waals surface area contributed by atoms with Gasteiger partial charge in [-0.15, -0.1) is 0 Å². The number of aryl methyl sites for hydroxylation is 2. The lowest BCUT2D eigenvalue weighted by atomic mass is 9.97. The van der Waals surface area contributed by atoms with Crippen molar-refractivity contribution in [2.45, 2.75) is 19.4 Å². The summed E-state index contributed by atoms with van der Waals surface area (Å²) in [7, 11) is 0. The summed E-state index contributed by atoms with van der Waals surface area (Å²) in [5.41, 5.74) is 9.42. The smallest absolute Gasteiger partial charge is 0.132 e. The predicted molar refractivity (Wildman–Crippen MR) is 84.9 cm³/mol. The van der Waals surface area contributed by atoms with Gasteiger partial charge in [0.1, 0.15) is 5.84 Å². The van der Waals surface area contributed by atoms with Gasteiger partial charge in [-0.05, 0) is 29.9 Å². The Balaban J connectivity index is 1.64. The van der Waals surface area contributed by atoms with Crippen molar-refractivity contribution in [2.75, 3.05) is 0 Å². The van der Waals surface area contributed by atoms with Crippen LogP contribution in [0.2, 0.25) is 0 Å². The van der Waals surface area contributed by atoms with E-state index >= 15 is 0 Å². The fraction of sp³-hybridized carbons (Fsp3) is 0.176. The highest BCUT2D eigenvalue weighted by atomic mass is 15.0. The van der Waals surface area contributed by atoms with Crippen molar-refractivity contribution in [3.05, 3.63) is 60.2 Å². The number of hydrogen-bond acceptors (Lipinski definition) is 3. The fourth-order valence-electron chi connectivity index (χ4n) is 3.03. The second kappa shape index (κ2) is 4.74. The fourth-order valence-corrected chi connectivity index (χ4v) is 3.03. The first-order chi connectivity index (χ1) is 10.3. The first-order valence-electron chi connectivity index (χ1n) is 7.18. The normalized spacial score (nSPS) is 12.9. The van der Waals surface area contributed by atoms with Crippen LogP contribution in [0.25, 0.3) is 10.8 Å². The molecule has 0 saturated heterocycles. The first kappa shape index (κ1) is 12.1. The summed E-state index contributed by atoms with van der Waals surface area (Å²) in [5.74, 6) is 0.631. The average molecular weight is 276 g/mol. The highest BCUT2D eigenvalue weighted by Gasteiger charge is 2.17. The third kappa shape index (κ3) is 2.00. The number of benzene rings is 2. The van der Waals surface area contributed by atoms with Gasteiger partial charge in [0.15, 0.2) is 0 Å². The Hall–Kier alpha value is -2.62. The minimum absolute atomic E-state index is 0.631. The molecular weight excluding hydrogens is 260 g/mol. The summed E-state index contributed by atoms with van der Waals surface area (Å²) in [6, 6.07) is 10.5. The van der Waals surface area contributed by atoms with Crippen LogP contribution >= 0.6 is 0 Å². The summed E-state index contributed by atoms with van der Waals surface area (Å²) in [6.45, 7) is 0.988. The van der Waals surface area contributed by atoms with Gasteiger partial charge in [0.05, 0.1) is 12.0 Å². The zero-order valence-electron chi connectivity index (χ0n) is 11.7. The zero-order chi connectivity index (χ0) is 14.2. The third-order valence-electron chi connectivity index (χ3n) is 4.05. The number of nitrogens with zero attached hydrogens (tertiary/aromatic N) is 3. The van der Waals surface area contributed by atoms with Crippen molar-refractivity contribution in [2.24, 2.45) is 10.7 Å². The van der Waals surface area contributed by atoms with Crippen LogP contribution in [0.4, 0.5) is 5.69 Å². The molecule has 0 saturated carbocycles. The van der Waals surface area contributed by atoms with Crippen molar-refractivity contribution in [3.8, 4) is 0 Å². The maximum Gasteiger partial charge on any atom is 0.132 e. The minimum Gasteiger partial charge on any atom is -0.383 e. The van der Waals surface area contributed by atoms with Gasteiger partial charge in [0.25, 0.3) is 0 Å². The van der Waals surface area contributed by atoms with E-state index < -0.39 is 0 Å². The Morgan fingerprint density at radius 1 is 1.14 bits per heavy atom. The molecule has 0 bridgehead atoms. The molecule has 0 spiro atoms. The SMILES string of the molecule is NC1=Nc2ccc(CCCn3ccnc3)c3cccc1c23. The largest absolute Gasteiger partial charge is 0.383 e. The highest BCUT2D eigenvalue weighted by molar-refractivity contribution is 6.18. The molecule has 4 rings (SSSR count). The number of aliphatic imine (C=N–C) groups is 1. The molecule has 1 aliphatic rings. The van der Waals surface area contributed by atoms with Gasteiger partial charge in [-0.2, -0.15) is 0 Å². The van der Waals surface area contributed by atoms with Crippen LogP contribution in [-0.2, 0) is 13.0 Å². The van der Waals surface area contributed by atoms with Gasteiger partial charge in [-0.3, -0.25) is 0 Å². The molecule has 3 aromatic rings. The van der Waals surface area contributed by atoms with Gasteiger partial charge >= 0.3 is 0 Å². The summed E-state index contributed by atoms with van der Waals surface area (Å²) in [4.78, 5) is 8.51. The quantitative estimate of drug-likeness (QED) is 0.796. The average Bonchev–Trinajstić information content (AvgIpc) is 3.12. The summed E-state index contributed by atoms with van der Waals surface area (Å²) >= 11 is 0. The molecule has 1 aromatic heterocycles. The molecule has 0 unspecified atom stereocenters. The molecule has 2 heterocycles. The number of hydrogen-bond donors (Lipinski definition) is 1. The number of aromatic nitrogens is 2. The lowest BCUT2D eigenvalue weighted by Crippen LogP contribution is -2.09. The van der Waals surface area contributed by atoms with E-state index in [1.54, 1.807) is 0 Å². The number of rotatable bonds is 4. The van der Waals surface area contributed by atoms with Crippen molar-refractivity contribution < 1.29 is 0 Å². The maximum absolute atomic E-state index is 5.99. The van der Waals surface area contributed by atoms with Crippen LogP contribution in [0, 0.1) is 0 Å². The van der Waals surface area contributed by atoms with Crippen molar-refractivity contribution in [1.29, 1.82) is 0 Å². The van der Waals surface area contributed by atoms with Crippen LogP contribution in [-0.4, -0.2) is 15.4 Å². The Morgan fingerprint density at radius 2 is 2.10 bits per heavy atom. The third-order valence-corrected chi connectivity index (χ3v) is 4.05. The molecule has 0 fully saturated rings. The lowest BCUT2D eigenvalue weighted by molar-refractivity contribution is 0.643. The van der Waals surface area contributed by atoms with E-state index in [1.165, 1.54) is 16.3 Å². The van der Waals surface area contributed by atoms with Crippen molar-refractivity contribution in [1.82, 2.24) is 9.55 Å². The van der Waals surface area contributed by atoms with Crippen LogP contribution in [0.1, 0.15) is 17.5 Å². The molecule has 2 aromatic carbocycles. The second-order valence-corrected chi connectivity index (χ2v) is 5.37. The maximum atomic E-state index is 5.99. The number of imidazole rings is 1. The lowest BCUT2D eigenvalue weighted by Gasteiger charge is -2.08. The summed E-state index contributed by atoms with van der Waals surface area (Å²) in [5, 5.41) is 2.48.